The van der Waals surface area contributed by atoms with Crippen molar-refractivity contribution >= 4 is 5.97 Å². The number of rotatable bonds is 2. The van der Waals surface area contributed by atoms with E-state index in [0.717, 1.165) is 0 Å². The largest absolute Gasteiger partial charge is 0.438 e. The maximum absolute atomic E-state index is 10.9. The summed E-state index contributed by atoms with van der Waals surface area (Å²) in [6.45, 7) is 13.4. The second-order valence-corrected chi connectivity index (χ2v) is 3.09. The van der Waals surface area contributed by atoms with E-state index >= 15 is 0 Å². The normalized spacial score (nSPS) is 8.86. The Kier molecular flexibility index (Phi) is 16.9. The van der Waals surface area contributed by atoms with Crippen LogP contribution < -0.4 is 0 Å². The van der Waals surface area contributed by atoms with Crippen LogP contribution in [-0.2, 0) is 14.3 Å². The zero-order valence-corrected chi connectivity index (χ0v) is 10.9. The number of carbonyl (C=O) groups is 1. The summed E-state index contributed by atoms with van der Waals surface area (Å²) in [6.07, 6.45) is 0. The Morgan fingerprint density at radius 1 is 1.07 bits per heavy atom. The van der Waals surface area contributed by atoms with Crippen molar-refractivity contribution in [1.82, 2.24) is 0 Å². The monoisotopic (exact) mass is 206 g/mol. The van der Waals surface area contributed by atoms with Gasteiger partial charge in [-0.15, -0.1) is 0 Å². The fourth-order valence-corrected chi connectivity index (χ4v) is 0.329. The molecule has 0 rings (SSSR count). The molecule has 0 atom stereocenters. The van der Waals surface area contributed by atoms with Crippen LogP contribution in [0, 0.1) is 5.41 Å². The molecule has 88 valence electrons. The van der Waals surface area contributed by atoms with Crippen LogP contribution in [0.5, 0.6) is 0 Å². The molecule has 0 bridgehead atoms. The molecule has 0 aliphatic rings. The van der Waals surface area contributed by atoms with E-state index in [4.69, 9.17) is 4.74 Å². The molecule has 0 unspecified atom stereocenters. The van der Waals surface area contributed by atoms with Gasteiger partial charge in [-0.3, -0.25) is 4.79 Å². The molecular weight excluding hydrogens is 180 g/mol. The molecule has 3 nitrogen and oxygen atoms in total. The van der Waals surface area contributed by atoms with Crippen LogP contribution in [0.25, 0.3) is 0 Å². The van der Waals surface area contributed by atoms with Crippen LogP contribution in [0.2, 0.25) is 0 Å². The average Bonchev–Trinajstić information content (AvgIpc) is 2.19. The van der Waals surface area contributed by atoms with Crippen LogP contribution in [0.15, 0.2) is 0 Å². The summed E-state index contributed by atoms with van der Waals surface area (Å²) in [7, 11) is 1.48. The van der Waals surface area contributed by atoms with Gasteiger partial charge in [0.2, 0.25) is 0 Å². The van der Waals surface area contributed by atoms with Gasteiger partial charge >= 0.3 is 5.97 Å². The Morgan fingerprint density at radius 3 is 1.64 bits per heavy atom. The van der Waals surface area contributed by atoms with Gasteiger partial charge in [0.15, 0.2) is 6.79 Å². The SMILES string of the molecule is CC.CC.COCOC(=O)C(C)(C)C. The molecule has 0 aromatic heterocycles. The molecule has 0 radical (unpaired) electrons. The summed E-state index contributed by atoms with van der Waals surface area (Å²) in [5.41, 5.74) is -0.432. The number of hydrogen-bond donors (Lipinski definition) is 0. The van der Waals surface area contributed by atoms with Gasteiger partial charge in [0.25, 0.3) is 0 Å². The highest BCUT2D eigenvalue weighted by molar-refractivity contribution is 5.75. The number of ether oxygens (including phenoxy) is 2. The minimum atomic E-state index is -0.432. The average molecular weight is 206 g/mol. The number of carbonyl (C=O) groups excluding carboxylic acids is 1. The molecule has 0 aliphatic carbocycles. The predicted octanol–water partition coefficient (Wildman–Crippen LogP) is 3.23. The van der Waals surface area contributed by atoms with E-state index in [9.17, 15) is 4.79 Å². The topological polar surface area (TPSA) is 35.5 Å². The molecule has 0 aliphatic heterocycles. The molecule has 0 aromatic carbocycles. The molecule has 0 aromatic rings. The summed E-state index contributed by atoms with van der Waals surface area (Å²) < 4.78 is 9.26. The standard InChI is InChI=1S/C7H14O3.2C2H6/c1-7(2,3)6(8)10-5-9-4;2*1-2/h5H2,1-4H3;2*1-2H3. The van der Waals surface area contributed by atoms with E-state index in [-0.39, 0.29) is 12.8 Å². The number of esters is 1. The smallest absolute Gasteiger partial charge is 0.313 e. The second kappa shape index (κ2) is 12.4. The van der Waals surface area contributed by atoms with Crippen molar-refractivity contribution in [2.75, 3.05) is 13.9 Å². The van der Waals surface area contributed by atoms with Gasteiger partial charge < -0.3 is 9.47 Å². The molecule has 0 saturated heterocycles. The Hall–Kier alpha value is -0.570. The first-order valence-electron chi connectivity index (χ1n) is 5.14. The van der Waals surface area contributed by atoms with Crippen LogP contribution in [0.4, 0.5) is 0 Å². The number of methoxy groups -OCH3 is 1. The van der Waals surface area contributed by atoms with E-state index in [1.807, 2.05) is 27.7 Å². The van der Waals surface area contributed by atoms with Crippen molar-refractivity contribution < 1.29 is 14.3 Å². The molecule has 0 N–H and O–H groups in total. The van der Waals surface area contributed by atoms with Crippen LogP contribution in [0.1, 0.15) is 48.5 Å². The first kappa shape index (κ1) is 19.1. The van der Waals surface area contributed by atoms with Crippen molar-refractivity contribution in [1.29, 1.82) is 0 Å². The lowest BCUT2D eigenvalue weighted by molar-refractivity contribution is -0.163. The van der Waals surface area contributed by atoms with Gasteiger partial charge in [-0.1, -0.05) is 27.7 Å². The van der Waals surface area contributed by atoms with E-state index in [0.29, 0.717) is 0 Å². The lowest BCUT2D eigenvalue weighted by Crippen LogP contribution is -2.23. The Morgan fingerprint density at radius 2 is 1.43 bits per heavy atom. The van der Waals surface area contributed by atoms with Gasteiger partial charge in [0.1, 0.15) is 0 Å². The molecular formula is C11H26O3. The Balaban J connectivity index is -0.000000266. The highest BCUT2D eigenvalue weighted by atomic mass is 16.7. The molecule has 14 heavy (non-hydrogen) atoms. The first-order chi connectivity index (χ1) is 6.48. The summed E-state index contributed by atoms with van der Waals surface area (Å²) in [5, 5.41) is 0. The molecule has 0 saturated carbocycles. The van der Waals surface area contributed by atoms with Crippen molar-refractivity contribution in [3.05, 3.63) is 0 Å². The van der Waals surface area contributed by atoms with E-state index in [2.05, 4.69) is 4.74 Å². The Labute approximate surface area is 88.8 Å². The van der Waals surface area contributed by atoms with Gasteiger partial charge in [-0.2, -0.15) is 0 Å². The van der Waals surface area contributed by atoms with Gasteiger partial charge in [-0.05, 0) is 20.8 Å². The van der Waals surface area contributed by atoms with Crippen molar-refractivity contribution in [3.63, 3.8) is 0 Å². The minimum Gasteiger partial charge on any atom is -0.438 e. The zero-order chi connectivity index (χ0) is 12.2. The van der Waals surface area contributed by atoms with E-state index in [1.54, 1.807) is 20.8 Å². The molecule has 0 amide bonds. The first-order valence-corrected chi connectivity index (χ1v) is 5.14. The lowest BCUT2D eigenvalue weighted by atomic mass is 9.98. The quantitative estimate of drug-likeness (QED) is 0.514. The fraction of sp³-hybridized carbons (Fsp3) is 0.909. The Bertz CT molecular complexity index is 114. The van der Waals surface area contributed by atoms with E-state index < -0.39 is 5.41 Å². The van der Waals surface area contributed by atoms with Crippen molar-refractivity contribution in [3.8, 4) is 0 Å². The molecule has 3 heteroatoms. The fourth-order valence-electron chi connectivity index (χ4n) is 0.329. The molecule has 0 fully saturated rings. The summed E-state index contributed by atoms with van der Waals surface area (Å²) in [5.74, 6) is -0.241. The summed E-state index contributed by atoms with van der Waals surface area (Å²) in [4.78, 5) is 10.9. The van der Waals surface area contributed by atoms with Crippen molar-refractivity contribution in [2.24, 2.45) is 5.41 Å². The third-order valence-corrected chi connectivity index (χ3v) is 0.920. The van der Waals surface area contributed by atoms with Crippen LogP contribution >= 0.6 is 0 Å². The lowest BCUT2D eigenvalue weighted by Gasteiger charge is -2.15. The predicted molar refractivity (Wildman–Crippen MR) is 60.1 cm³/mol. The third-order valence-electron chi connectivity index (χ3n) is 0.920. The summed E-state index contributed by atoms with van der Waals surface area (Å²) in [6, 6.07) is 0. The molecule has 0 heterocycles. The summed E-state index contributed by atoms with van der Waals surface area (Å²) >= 11 is 0. The molecule has 0 spiro atoms. The highest BCUT2D eigenvalue weighted by Gasteiger charge is 2.22. The maximum atomic E-state index is 10.9. The highest BCUT2D eigenvalue weighted by Crippen LogP contribution is 2.14. The maximum Gasteiger partial charge on any atom is 0.313 e. The zero-order valence-electron chi connectivity index (χ0n) is 10.9. The van der Waals surface area contributed by atoms with Crippen molar-refractivity contribution in [2.45, 2.75) is 48.5 Å². The third kappa shape index (κ3) is 14.0. The minimum absolute atomic E-state index is 0.0378. The van der Waals surface area contributed by atoms with Gasteiger partial charge in [0, 0.05) is 7.11 Å². The van der Waals surface area contributed by atoms with Crippen LogP contribution in [-0.4, -0.2) is 19.9 Å². The second-order valence-electron chi connectivity index (χ2n) is 3.09. The number of hydrogen-bond acceptors (Lipinski definition) is 3. The van der Waals surface area contributed by atoms with Crippen LogP contribution in [0.3, 0.4) is 0 Å². The van der Waals surface area contributed by atoms with Gasteiger partial charge in [0.05, 0.1) is 5.41 Å². The van der Waals surface area contributed by atoms with E-state index in [1.165, 1.54) is 7.11 Å². The van der Waals surface area contributed by atoms with Gasteiger partial charge in [-0.25, -0.2) is 0 Å².